The lowest BCUT2D eigenvalue weighted by molar-refractivity contribution is 0.00976. The molecule has 0 aromatic carbocycles. The van der Waals surface area contributed by atoms with E-state index in [1.807, 2.05) is 0 Å². The van der Waals surface area contributed by atoms with Gasteiger partial charge in [0, 0.05) is 18.0 Å². The summed E-state index contributed by atoms with van der Waals surface area (Å²) in [6.45, 7) is 7.95. The molecule has 0 spiro atoms. The van der Waals surface area contributed by atoms with Gasteiger partial charge >= 0.3 is 0 Å². The number of rotatable bonds is 3. The predicted molar refractivity (Wildman–Crippen MR) is 78.9 cm³/mol. The predicted octanol–water partition coefficient (Wildman–Crippen LogP) is 3.46. The number of fused-ring (bicyclic) bond motifs is 1. The Morgan fingerprint density at radius 2 is 2.32 bits per heavy atom. The molecule has 5 heteroatoms. The first-order chi connectivity index (χ1) is 9.12. The van der Waals surface area contributed by atoms with Gasteiger partial charge in [0.1, 0.15) is 16.2 Å². The molecule has 1 aliphatic heterocycles. The van der Waals surface area contributed by atoms with Crippen LogP contribution in [0.3, 0.4) is 0 Å². The summed E-state index contributed by atoms with van der Waals surface area (Å²) in [6, 6.07) is 2.15. The van der Waals surface area contributed by atoms with Crippen LogP contribution in [0.15, 0.2) is 6.07 Å². The Labute approximate surface area is 117 Å². The Balaban J connectivity index is 2.15. The van der Waals surface area contributed by atoms with Gasteiger partial charge in [-0.05, 0) is 39.7 Å². The van der Waals surface area contributed by atoms with Crippen LogP contribution in [0.25, 0.3) is 10.2 Å². The zero-order valence-electron chi connectivity index (χ0n) is 11.6. The van der Waals surface area contributed by atoms with Crippen molar-refractivity contribution in [2.45, 2.75) is 39.2 Å². The second kappa shape index (κ2) is 4.72. The van der Waals surface area contributed by atoms with E-state index in [1.54, 1.807) is 11.3 Å². The Morgan fingerprint density at radius 1 is 1.47 bits per heavy atom. The fraction of sp³-hybridized carbons (Fsp3) is 0.571. The summed E-state index contributed by atoms with van der Waals surface area (Å²) in [5.41, 5.74) is -0.323. The topological polar surface area (TPSA) is 47.0 Å². The highest BCUT2D eigenvalue weighted by molar-refractivity contribution is 7.18. The lowest BCUT2D eigenvalue weighted by Crippen LogP contribution is -2.24. The summed E-state index contributed by atoms with van der Waals surface area (Å²) >= 11 is 1.72. The van der Waals surface area contributed by atoms with Gasteiger partial charge in [0.05, 0.1) is 5.39 Å². The second-order valence-corrected chi connectivity index (χ2v) is 6.42. The van der Waals surface area contributed by atoms with Crippen molar-refractivity contribution in [3.8, 4) is 0 Å². The van der Waals surface area contributed by atoms with Crippen molar-refractivity contribution >= 4 is 27.4 Å². The fourth-order valence-corrected chi connectivity index (χ4v) is 3.42. The molecule has 19 heavy (non-hydrogen) atoms. The van der Waals surface area contributed by atoms with E-state index in [1.165, 1.54) is 4.88 Å². The van der Waals surface area contributed by atoms with E-state index >= 15 is 0 Å². The molecule has 4 nitrogen and oxygen atoms in total. The Bertz CT molecular complexity index is 602. The summed E-state index contributed by atoms with van der Waals surface area (Å²) in [6.07, 6.45) is 2.08. The number of thiophene rings is 1. The van der Waals surface area contributed by atoms with Crippen LogP contribution in [0, 0.1) is 6.92 Å². The Morgan fingerprint density at radius 3 is 3.00 bits per heavy atom. The molecular formula is C14H19N3OS. The van der Waals surface area contributed by atoms with Gasteiger partial charge in [0.2, 0.25) is 0 Å². The minimum Gasteiger partial charge on any atom is -0.370 e. The van der Waals surface area contributed by atoms with Gasteiger partial charge in [-0.1, -0.05) is 0 Å². The highest BCUT2D eigenvalue weighted by Gasteiger charge is 2.35. The van der Waals surface area contributed by atoms with Gasteiger partial charge in [-0.15, -0.1) is 11.3 Å². The number of anilines is 1. The SMILES string of the molecule is CCNc1nc(C2(C)CCCO2)nc2sc(C)cc12. The average molecular weight is 277 g/mol. The van der Waals surface area contributed by atoms with Crippen molar-refractivity contribution in [3.05, 3.63) is 16.8 Å². The molecule has 1 fully saturated rings. The number of nitrogens with zero attached hydrogens (tertiary/aromatic N) is 2. The maximum absolute atomic E-state index is 5.87. The van der Waals surface area contributed by atoms with Crippen LogP contribution < -0.4 is 5.32 Å². The minimum absolute atomic E-state index is 0.323. The Kier molecular flexibility index (Phi) is 3.19. The van der Waals surface area contributed by atoms with Gasteiger partial charge in [0.15, 0.2) is 5.82 Å². The van der Waals surface area contributed by atoms with Crippen molar-refractivity contribution in [2.24, 2.45) is 0 Å². The molecule has 0 radical (unpaired) electrons. The van der Waals surface area contributed by atoms with E-state index in [4.69, 9.17) is 14.7 Å². The van der Waals surface area contributed by atoms with Crippen molar-refractivity contribution in [2.75, 3.05) is 18.5 Å². The maximum Gasteiger partial charge on any atom is 0.163 e. The zero-order valence-corrected chi connectivity index (χ0v) is 12.4. The molecule has 1 aliphatic rings. The summed E-state index contributed by atoms with van der Waals surface area (Å²) < 4.78 is 5.87. The quantitative estimate of drug-likeness (QED) is 0.933. The second-order valence-electron chi connectivity index (χ2n) is 5.18. The van der Waals surface area contributed by atoms with Crippen molar-refractivity contribution in [3.63, 3.8) is 0 Å². The van der Waals surface area contributed by atoms with E-state index in [2.05, 4.69) is 32.2 Å². The van der Waals surface area contributed by atoms with Crippen LogP contribution in [0.5, 0.6) is 0 Å². The normalized spacial score (nSPS) is 23.1. The van der Waals surface area contributed by atoms with E-state index in [0.29, 0.717) is 0 Å². The molecule has 2 aromatic rings. The van der Waals surface area contributed by atoms with Crippen molar-refractivity contribution < 1.29 is 4.74 Å². The first kappa shape index (κ1) is 12.8. The van der Waals surface area contributed by atoms with Crippen LogP contribution in [0.1, 0.15) is 37.4 Å². The van der Waals surface area contributed by atoms with E-state index in [0.717, 1.165) is 47.9 Å². The maximum atomic E-state index is 5.87. The molecule has 0 aliphatic carbocycles. The van der Waals surface area contributed by atoms with Crippen LogP contribution in [0.2, 0.25) is 0 Å². The lowest BCUT2D eigenvalue weighted by atomic mass is 10.0. The van der Waals surface area contributed by atoms with Crippen molar-refractivity contribution in [1.82, 2.24) is 9.97 Å². The Hall–Kier alpha value is -1.20. The van der Waals surface area contributed by atoms with E-state index in [-0.39, 0.29) is 5.60 Å². The lowest BCUT2D eigenvalue weighted by Gasteiger charge is -2.22. The number of ether oxygens (including phenoxy) is 1. The van der Waals surface area contributed by atoms with Gasteiger partial charge in [-0.3, -0.25) is 0 Å². The van der Waals surface area contributed by atoms with Crippen LogP contribution in [0.4, 0.5) is 5.82 Å². The molecule has 1 atom stereocenters. The highest BCUT2D eigenvalue weighted by Crippen LogP contribution is 2.37. The number of hydrogen-bond donors (Lipinski definition) is 1. The number of aromatic nitrogens is 2. The molecule has 2 aromatic heterocycles. The summed E-state index contributed by atoms with van der Waals surface area (Å²) in [5.74, 6) is 1.75. The van der Waals surface area contributed by atoms with Crippen molar-refractivity contribution in [1.29, 1.82) is 0 Å². The molecule has 1 unspecified atom stereocenters. The fourth-order valence-electron chi connectivity index (χ4n) is 2.54. The molecular weight excluding hydrogens is 258 g/mol. The highest BCUT2D eigenvalue weighted by atomic mass is 32.1. The third-order valence-electron chi connectivity index (χ3n) is 3.55. The van der Waals surface area contributed by atoms with Gasteiger partial charge in [0.25, 0.3) is 0 Å². The number of aryl methyl sites for hydroxylation is 1. The third kappa shape index (κ3) is 2.21. The van der Waals surface area contributed by atoms with Crippen LogP contribution in [-0.4, -0.2) is 23.1 Å². The monoisotopic (exact) mass is 277 g/mol. The molecule has 102 valence electrons. The first-order valence-electron chi connectivity index (χ1n) is 6.79. The third-order valence-corrected chi connectivity index (χ3v) is 4.50. The van der Waals surface area contributed by atoms with Gasteiger partial charge in [-0.2, -0.15) is 0 Å². The minimum atomic E-state index is -0.323. The van der Waals surface area contributed by atoms with Crippen LogP contribution in [-0.2, 0) is 10.3 Å². The van der Waals surface area contributed by atoms with E-state index < -0.39 is 0 Å². The number of nitrogens with one attached hydrogen (secondary N) is 1. The number of hydrogen-bond acceptors (Lipinski definition) is 5. The van der Waals surface area contributed by atoms with Crippen LogP contribution >= 0.6 is 11.3 Å². The molecule has 0 saturated carbocycles. The largest absolute Gasteiger partial charge is 0.370 e. The average Bonchev–Trinajstić information content (AvgIpc) is 2.95. The van der Waals surface area contributed by atoms with Gasteiger partial charge in [-0.25, -0.2) is 9.97 Å². The van der Waals surface area contributed by atoms with Gasteiger partial charge < -0.3 is 10.1 Å². The molecule has 1 saturated heterocycles. The zero-order chi connectivity index (χ0) is 13.5. The summed E-state index contributed by atoms with van der Waals surface area (Å²) in [4.78, 5) is 11.8. The molecule has 3 rings (SSSR count). The molecule has 1 N–H and O–H groups in total. The summed E-state index contributed by atoms with van der Waals surface area (Å²) in [5, 5.41) is 4.47. The smallest absolute Gasteiger partial charge is 0.163 e. The summed E-state index contributed by atoms with van der Waals surface area (Å²) in [7, 11) is 0. The molecule has 3 heterocycles. The first-order valence-corrected chi connectivity index (χ1v) is 7.60. The molecule has 0 bridgehead atoms. The standard InChI is InChI=1S/C14H19N3OS/c1-4-15-11-10-8-9(2)19-12(10)17-13(16-11)14(3)6-5-7-18-14/h8H,4-7H2,1-3H3,(H,15,16,17). The van der Waals surface area contributed by atoms with E-state index in [9.17, 15) is 0 Å². The molecule has 0 amide bonds.